The van der Waals surface area contributed by atoms with Crippen molar-refractivity contribution in [3.05, 3.63) is 34.9 Å². The molecule has 1 atom stereocenters. The molecule has 1 fully saturated rings. The van der Waals surface area contributed by atoms with Gasteiger partial charge in [-0.3, -0.25) is 0 Å². The Bertz CT molecular complexity index is 364. The van der Waals surface area contributed by atoms with Gasteiger partial charge in [0, 0.05) is 18.1 Å². The monoisotopic (exact) mass is 254 g/mol. The molecule has 0 unspecified atom stereocenters. The first-order chi connectivity index (χ1) is 8.20. The summed E-state index contributed by atoms with van der Waals surface area (Å²) < 4.78 is 0. The number of hydrogen-bond donors (Lipinski definition) is 3. The van der Waals surface area contributed by atoms with E-state index in [2.05, 4.69) is 10.6 Å². The molecule has 0 radical (unpaired) electrons. The van der Waals surface area contributed by atoms with Gasteiger partial charge < -0.3 is 15.7 Å². The highest BCUT2D eigenvalue weighted by Gasteiger charge is 2.30. The molecule has 94 valence electrons. The van der Waals surface area contributed by atoms with Crippen molar-refractivity contribution >= 4 is 11.6 Å². The Balaban J connectivity index is 1.71. The van der Waals surface area contributed by atoms with Crippen molar-refractivity contribution in [1.82, 2.24) is 10.6 Å². The molecular formula is C13H19ClN2O. The second-order valence-corrected chi connectivity index (χ2v) is 5.08. The molecule has 17 heavy (non-hydrogen) atoms. The maximum atomic E-state index is 10.1. The van der Waals surface area contributed by atoms with Crippen LogP contribution in [-0.4, -0.2) is 36.9 Å². The summed E-state index contributed by atoms with van der Waals surface area (Å²) in [6, 6.07) is 7.88. The topological polar surface area (TPSA) is 44.3 Å². The number of β-amino-alcohol motifs (C(OH)–C–C–N with tert-alkyl or cyclic N) is 1. The van der Waals surface area contributed by atoms with E-state index in [1.165, 1.54) is 0 Å². The van der Waals surface area contributed by atoms with Gasteiger partial charge >= 0.3 is 0 Å². The minimum atomic E-state index is -0.569. The zero-order chi connectivity index (χ0) is 12.1. The van der Waals surface area contributed by atoms with Crippen molar-refractivity contribution < 1.29 is 5.11 Å². The molecule has 0 saturated carbocycles. The van der Waals surface area contributed by atoms with E-state index < -0.39 is 5.60 Å². The highest BCUT2D eigenvalue weighted by Crippen LogP contribution is 2.15. The molecule has 0 amide bonds. The van der Waals surface area contributed by atoms with Gasteiger partial charge in [-0.15, -0.1) is 0 Å². The van der Waals surface area contributed by atoms with Crippen molar-refractivity contribution in [1.29, 1.82) is 0 Å². The van der Waals surface area contributed by atoms with Crippen LogP contribution in [0.1, 0.15) is 12.0 Å². The molecule has 3 nitrogen and oxygen atoms in total. The Kier molecular flexibility index (Phi) is 4.40. The maximum absolute atomic E-state index is 10.1. The van der Waals surface area contributed by atoms with Gasteiger partial charge in [-0.1, -0.05) is 29.8 Å². The molecule has 0 spiro atoms. The summed E-state index contributed by atoms with van der Waals surface area (Å²) in [5.74, 6) is 0. The number of halogens is 1. The average molecular weight is 255 g/mol. The first kappa shape index (κ1) is 12.8. The summed E-state index contributed by atoms with van der Waals surface area (Å²) in [6.45, 7) is 3.07. The normalized spacial score (nSPS) is 24.1. The molecule has 0 aliphatic carbocycles. The summed E-state index contributed by atoms with van der Waals surface area (Å²) in [4.78, 5) is 0. The SMILES string of the molecule is O[C@]1(CNCCc2ccccc2Cl)CCNC1. The molecule has 1 heterocycles. The number of aliphatic hydroxyl groups is 1. The van der Waals surface area contributed by atoms with E-state index in [9.17, 15) is 5.11 Å². The van der Waals surface area contributed by atoms with Crippen molar-refractivity contribution in [2.24, 2.45) is 0 Å². The molecule has 0 aromatic heterocycles. The Morgan fingerprint density at radius 2 is 2.24 bits per heavy atom. The van der Waals surface area contributed by atoms with Crippen molar-refractivity contribution in [3.8, 4) is 0 Å². The first-order valence-corrected chi connectivity index (χ1v) is 6.45. The predicted molar refractivity (Wildman–Crippen MR) is 70.5 cm³/mol. The van der Waals surface area contributed by atoms with Gasteiger partial charge in [0.05, 0.1) is 5.60 Å². The molecule has 0 bridgehead atoms. The summed E-state index contributed by atoms with van der Waals surface area (Å²) >= 11 is 6.07. The Morgan fingerprint density at radius 1 is 1.41 bits per heavy atom. The van der Waals surface area contributed by atoms with Crippen LogP contribution >= 0.6 is 11.6 Å². The zero-order valence-electron chi connectivity index (χ0n) is 9.88. The van der Waals surface area contributed by atoms with Gasteiger partial charge in [0.1, 0.15) is 0 Å². The van der Waals surface area contributed by atoms with Crippen LogP contribution in [0.4, 0.5) is 0 Å². The number of nitrogens with one attached hydrogen (secondary N) is 2. The van der Waals surface area contributed by atoms with Crippen LogP contribution in [0.25, 0.3) is 0 Å². The molecule has 1 aromatic carbocycles. The number of rotatable bonds is 5. The van der Waals surface area contributed by atoms with E-state index in [0.717, 1.165) is 36.5 Å². The largest absolute Gasteiger partial charge is 0.387 e. The molecule has 4 heteroatoms. The highest BCUT2D eigenvalue weighted by atomic mass is 35.5. The smallest absolute Gasteiger partial charge is 0.0907 e. The van der Waals surface area contributed by atoms with Crippen molar-refractivity contribution in [2.45, 2.75) is 18.4 Å². The molecule has 3 N–H and O–H groups in total. The fourth-order valence-corrected chi connectivity index (χ4v) is 2.36. The van der Waals surface area contributed by atoms with E-state index in [4.69, 9.17) is 11.6 Å². The van der Waals surface area contributed by atoms with Gasteiger partial charge in [-0.25, -0.2) is 0 Å². The zero-order valence-corrected chi connectivity index (χ0v) is 10.6. The first-order valence-electron chi connectivity index (χ1n) is 6.07. The minimum Gasteiger partial charge on any atom is -0.387 e. The second-order valence-electron chi connectivity index (χ2n) is 4.67. The molecule has 1 aliphatic rings. The average Bonchev–Trinajstić information content (AvgIpc) is 2.74. The lowest BCUT2D eigenvalue weighted by molar-refractivity contribution is 0.0615. The van der Waals surface area contributed by atoms with Crippen LogP contribution < -0.4 is 10.6 Å². The quantitative estimate of drug-likeness (QED) is 0.692. The van der Waals surface area contributed by atoms with Gasteiger partial charge in [-0.2, -0.15) is 0 Å². The fraction of sp³-hybridized carbons (Fsp3) is 0.538. The third-order valence-electron chi connectivity index (χ3n) is 3.20. The van der Waals surface area contributed by atoms with E-state index >= 15 is 0 Å². The standard InChI is InChI=1S/C13H19ClN2O/c14-12-4-2-1-3-11(12)5-7-15-9-13(17)6-8-16-10-13/h1-4,15-17H,5-10H2/t13-/m0/s1. The van der Waals surface area contributed by atoms with E-state index in [1.807, 2.05) is 24.3 Å². The van der Waals surface area contributed by atoms with Crippen LogP contribution in [-0.2, 0) is 6.42 Å². The second kappa shape index (κ2) is 5.83. The lowest BCUT2D eigenvalue weighted by Crippen LogP contribution is -2.42. The van der Waals surface area contributed by atoms with Crippen LogP contribution in [0.15, 0.2) is 24.3 Å². The lowest BCUT2D eigenvalue weighted by Gasteiger charge is -2.21. The van der Waals surface area contributed by atoms with Gasteiger partial charge in [0.15, 0.2) is 0 Å². The summed E-state index contributed by atoms with van der Waals surface area (Å²) in [7, 11) is 0. The number of hydrogen-bond acceptors (Lipinski definition) is 3. The van der Waals surface area contributed by atoms with Gasteiger partial charge in [0.2, 0.25) is 0 Å². The minimum absolute atomic E-state index is 0.569. The molecule has 1 saturated heterocycles. The molecule has 2 rings (SSSR count). The fourth-order valence-electron chi connectivity index (χ4n) is 2.13. The van der Waals surface area contributed by atoms with E-state index in [-0.39, 0.29) is 0 Å². The van der Waals surface area contributed by atoms with Crippen LogP contribution in [0, 0.1) is 0 Å². The van der Waals surface area contributed by atoms with Gasteiger partial charge in [0.25, 0.3) is 0 Å². The third kappa shape index (κ3) is 3.68. The molecular weight excluding hydrogens is 236 g/mol. The highest BCUT2D eigenvalue weighted by molar-refractivity contribution is 6.31. The van der Waals surface area contributed by atoms with Crippen LogP contribution in [0.5, 0.6) is 0 Å². The van der Waals surface area contributed by atoms with Crippen LogP contribution in [0.2, 0.25) is 5.02 Å². The lowest BCUT2D eigenvalue weighted by atomic mass is 10.0. The summed E-state index contributed by atoms with van der Waals surface area (Å²) in [6.07, 6.45) is 1.72. The third-order valence-corrected chi connectivity index (χ3v) is 3.57. The van der Waals surface area contributed by atoms with Gasteiger partial charge in [-0.05, 0) is 37.6 Å². The van der Waals surface area contributed by atoms with Crippen molar-refractivity contribution in [2.75, 3.05) is 26.2 Å². The number of benzene rings is 1. The maximum Gasteiger partial charge on any atom is 0.0907 e. The Morgan fingerprint density at radius 3 is 2.94 bits per heavy atom. The van der Waals surface area contributed by atoms with Crippen molar-refractivity contribution in [3.63, 3.8) is 0 Å². The Hall–Kier alpha value is -0.610. The summed E-state index contributed by atoms with van der Waals surface area (Å²) in [5, 5.41) is 17.4. The van der Waals surface area contributed by atoms with Crippen LogP contribution in [0.3, 0.4) is 0 Å². The van der Waals surface area contributed by atoms with E-state index in [0.29, 0.717) is 13.1 Å². The van der Waals surface area contributed by atoms with E-state index in [1.54, 1.807) is 0 Å². The summed E-state index contributed by atoms with van der Waals surface area (Å²) in [5.41, 5.74) is 0.582. The molecule has 1 aliphatic heterocycles. The molecule has 1 aromatic rings. The predicted octanol–water partition coefficient (Wildman–Crippen LogP) is 1.20. The Labute approximate surface area is 107 Å².